The average Bonchev–Trinajstić information content (AvgIpc) is 2.89. The number of thiophene rings is 1. The molecule has 0 atom stereocenters. The lowest BCUT2D eigenvalue weighted by molar-refractivity contribution is 0.0957. The van der Waals surface area contributed by atoms with Crippen LogP contribution >= 0.6 is 11.3 Å². The van der Waals surface area contributed by atoms with E-state index in [-0.39, 0.29) is 5.91 Å². The first-order valence-corrected chi connectivity index (χ1v) is 5.87. The maximum atomic E-state index is 11.6. The number of nitrogens with zero attached hydrogens (tertiary/aromatic N) is 1. The summed E-state index contributed by atoms with van der Waals surface area (Å²) in [6, 6.07) is 5.54. The first-order chi connectivity index (χ1) is 7.75. The van der Waals surface area contributed by atoms with Crippen LogP contribution in [0.5, 0.6) is 0 Å². The number of amides is 1. The summed E-state index contributed by atoms with van der Waals surface area (Å²) in [5.41, 5.74) is 0.861. The summed E-state index contributed by atoms with van der Waals surface area (Å²) in [4.78, 5) is 12.3. The molecule has 0 fully saturated rings. The average molecular weight is 236 g/mol. The number of nitrogens with one attached hydrogen (secondary N) is 1. The number of aryl methyl sites for hydroxylation is 1. The van der Waals surface area contributed by atoms with Crippen LogP contribution in [0.4, 0.5) is 0 Å². The van der Waals surface area contributed by atoms with Crippen LogP contribution in [0.25, 0.3) is 0 Å². The fourth-order valence-electron chi connectivity index (χ4n) is 1.33. The molecule has 0 radical (unpaired) electrons. The predicted molar refractivity (Wildman–Crippen MR) is 61.6 cm³/mol. The van der Waals surface area contributed by atoms with Gasteiger partial charge in [-0.15, -0.1) is 11.3 Å². The maximum absolute atomic E-state index is 11.6. The van der Waals surface area contributed by atoms with Crippen molar-refractivity contribution in [3.63, 3.8) is 0 Å². The topological polar surface area (TPSA) is 55.1 Å². The highest BCUT2D eigenvalue weighted by atomic mass is 32.1. The normalized spacial score (nSPS) is 10.3. The quantitative estimate of drug-likeness (QED) is 0.883. The van der Waals surface area contributed by atoms with Gasteiger partial charge in [-0.1, -0.05) is 11.2 Å². The fraction of sp³-hybridized carbons (Fsp3) is 0.273. The fourth-order valence-corrected chi connectivity index (χ4v) is 1.97. The molecule has 0 saturated carbocycles. The Labute approximate surface area is 97.3 Å². The minimum Gasteiger partial charge on any atom is -0.361 e. The summed E-state index contributed by atoms with van der Waals surface area (Å²) in [5.74, 6) is 0.759. The first-order valence-electron chi connectivity index (χ1n) is 4.99. The van der Waals surface area contributed by atoms with Crippen molar-refractivity contribution in [2.45, 2.75) is 13.3 Å². The van der Waals surface area contributed by atoms with Gasteiger partial charge < -0.3 is 9.84 Å². The molecular formula is C11H12N2O2S. The Morgan fingerprint density at radius 2 is 2.50 bits per heavy atom. The van der Waals surface area contributed by atoms with Crippen molar-refractivity contribution in [2.75, 3.05) is 6.54 Å². The van der Waals surface area contributed by atoms with Gasteiger partial charge in [0.1, 0.15) is 5.76 Å². The zero-order valence-electron chi connectivity index (χ0n) is 8.90. The van der Waals surface area contributed by atoms with E-state index >= 15 is 0 Å². The van der Waals surface area contributed by atoms with Gasteiger partial charge in [0.2, 0.25) is 0 Å². The highest BCUT2D eigenvalue weighted by molar-refractivity contribution is 7.12. The van der Waals surface area contributed by atoms with Gasteiger partial charge in [0, 0.05) is 19.0 Å². The van der Waals surface area contributed by atoms with Gasteiger partial charge in [-0.3, -0.25) is 4.79 Å². The summed E-state index contributed by atoms with van der Waals surface area (Å²) in [6.45, 7) is 2.43. The van der Waals surface area contributed by atoms with E-state index in [4.69, 9.17) is 4.52 Å². The molecule has 4 nitrogen and oxygen atoms in total. The van der Waals surface area contributed by atoms with Gasteiger partial charge in [-0.25, -0.2) is 0 Å². The summed E-state index contributed by atoms with van der Waals surface area (Å²) in [7, 11) is 0. The lowest BCUT2D eigenvalue weighted by Gasteiger charge is -2.00. The van der Waals surface area contributed by atoms with Gasteiger partial charge in [-0.2, -0.15) is 0 Å². The third-order valence-electron chi connectivity index (χ3n) is 2.08. The van der Waals surface area contributed by atoms with Crippen LogP contribution in [0.1, 0.15) is 21.1 Å². The van der Waals surface area contributed by atoms with Crippen LogP contribution in [0, 0.1) is 6.92 Å². The van der Waals surface area contributed by atoms with Gasteiger partial charge in [0.05, 0.1) is 10.6 Å². The number of aromatic nitrogens is 1. The van der Waals surface area contributed by atoms with Gasteiger partial charge >= 0.3 is 0 Å². The minimum atomic E-state index is -0.0359. The third kappa shape index (κ3) is 2.70. The molecule has 2 heterocycles. The molecule has 84 valence electrons. The SMILES string of the molecule is Cc1cc(CCNC(=O)c2cccs2)on1. The molecule has 0 aliphatic carbocycles. The molecule has 2 aromatic rings. The van der Waals surface area contributed by atoms with Crippen molar-refractivity contribution in [2.24, 2.45) is 0 Å². The van der Waals surface area contributed by atoms with Gasteiger partial charge in [0.25, 0.3) is 5.91 Å². The number of hydrogen-bond acceptors (Lipinski definition) is 4. The Morgan fingerprint density at radius 1 is 1.62 bits per heavy atom. The Morgan fingerprint density at radius 3 is 3.12 bits per heavy atom. The molecule has 16 heavy (non-hydrogen) atoms. The van der Waals surface area contributed by atoms with E-state index in [1.54, 1.807) is 6.07 Å². The number of hydrogen-bond donors (Lipinski definition) is 1. The first kappa shape index (κ1) is 10.9. The highest BCUT2D eigenvalue weighted by Gasteiger charge is 2.06. The van der Waals surface area contributed by atoms with Crippen LogP contribution in [-0.4, -0.2) is 17.6 Å². The van der Waals surface area contributed by atoms with Crippen LogP contribution in [-0.2, 0) is 6.42 Å². The Kier molecular flexibility index (Phi) is 3.36. The van der Waals surface area contributed by atoms with Crippen molar-refractivity contribution < 1.29 is 9.32 Å². The molecular weight excluding hydrogens is 224 g/mol. The largest absolute Gasteiger partial charge is 0.361 e. The second kappa shape index (κ2) is 4.94. The summed E-state index contributed by atoms with van der Waals surface area (Å²) in [6.07, 6.45) is 0.665. The van der Waals surface area contributed by atoms with E-state index in [0.717, 1.165) is 16.3 Å². The van der Waals surface area contributed by atoms with E-state index in [9.17, 15) is 4.79 Å². The van der Waals surface area contributed by atoms with E-state index in [2.05, 4.69) is 10.5 Å². The molecule has 1 amide bonds. The van der Waals surface area contributed by atoms with Gasteiger partial charge in [0.15, 0.2) is 0 Å². The van der Waals surface area contributed by atoms with Crippen molar-refractivity contribution >= 4 is 17.2 Å². The predicted octanol–water partition coefficient (Wildman–Crippen LogP) is 2.02. The standard InChI is InChI=1S/C11H12N2O2S/c1-8-7-9(15-13-8)4-5-12-11(14)10-3-2-6-16-10/h2-3,6-7H,4-5H2,1H3,(H,12,14). The molecule has 0 aromatic carbocycles. The smallest absolute Gasteiger partial charge is 0.261 e. The molecule has 0 bridgehead atoms. The highest BCUT2D eigenvalue weighted by Crippen LogP contribution is 2.08. The Hall–Kier alpha value is -1.62. The number of carbonyl (C=O) groups is 1. The molecule has 2 rings (SSSR count). The van der Waals surface area contributed by atoms with Crippen molar-refractivity contribution in [1.29, 1.82) is 0 Å². The molecule has 1 N–H and O–H groups in total. The Bertz CT molecular complexity index is 462. The monoisotopic (exact) mass is 236 g/mol. The van der Waals surface area contributed by atoms with Crippen molar-refractivity contribution in [3.8, 4) is 0 Å². The van der Waals surface area contributed by atoms with Crippen LogP contribution in [0.3, 0.4) is 0 Å². The lowest BCUT2D eigenvalue weighted by Crippen LogP contribution is -2.24. The van der Waals surface area contributed by atoms with E-state index in [1.165, 1.54) is 11.3 Å². The maximum Gasteiger partial charge on any atom is 0.261 e. The molecule has 0 aliphatic rings. The van der Waals surface area contributed by atoms with Crippen LogP contribution < -0.4 is 5.32 Å². The van der Waals surface area contributed by atoms with E-state index < -0.39 is 0 Å². The molecule has 0 aliphatic heterocycles. The number of carbonyl (C=O) groups excluding carboxylic acids is 1. The zero-order valence-corrected chi connectivity index (χ0v) is 9.71. The molecule has 0 spiro atoms. The molecule has 5 heteroatoms. The molecule has 0 unspecified atom stereocenters. The van der Waals surface area contributed by atoms with E-state index in [1.807, 2.05) is 24.4 Å². The molecule has 0 saturated heterocycles. The molecule has 2 aromatic heterocycles. The van der Waals surface area contributed by atoms with Crippen LogP contribution in [0.15, 0.2) is 28.1 Å². The van der Waals surface area contributed by atoms with Crippen molar-refractivity contribution in [3.05, 3.63) is 39.9 Å². The summed E-state index contributed by atoms with van der Waals surface area (Å²) >= 11 is 1.43. The zero-order chi connectivity index (χ0) is 11.4. The lowest BCUT2D eigenvalue weighted by atomic mass is 10.3. The number of rotatable bonds is 4. The summed E-state index contributed by atoms with van der Waals surface area (Å²) < 4.78 is 5.04. The minimum absolute atomic E-state index is 0.0359. The second-order valence-electron chi connectivity index (χ2n) is 3.42. The second-order valence-corrected chi connectivity index (χ2v) is 4.37. The van der Waals surface area contributed by atoms with Crippen LogP contribution in [0.2, 0.25) is 0 Å². The van der Waals surface area contributed by atoms with E-state index in [0.29, 0.717) is 13.0 Å². The third-order valence-corrected chi connectivity index (χ3v) is 2.95. The van der Waals surface area contributed by atoms with Gasteiger partial charge in [-0.05, 0) is 18.4 Å². The summed E-state index contributed by atoms with van der Waals surface area (Å²) in [5, 5.41) is 8.49. The van der Waals surface area contributed by atoms with Crippen molar-refractivity contribution in [1.82, 2.24) is 10.5 Å². The Balaban J connectivity index is 1.78.